The first kappa shape index (κ1) is 17.5. The topological polar surface area (TPSA) is 66.4 Å². The first-order valence-corrected chi connectivity index (χ1v) is 5.68. The fourth-order valence-corrected chi connectivity index (χ4v) is 1.40. The number of nitrogens with one attached hydrogen (secondary N) is 1. The molecule has 0 aliphatic heterocycles. The van der Waals surface area contributed by atoms with Crippen LogP contribution in [-0.2, 0) is 15.9 Å². The Kier molecular flexibility index (Phi) is 10.9. The van der Waals surface area contributed by atoms with Gasteiger partial charge in [-0.25, -0.2) is 0 Å². The summed E-state index contributed by atoms with van der Waals surface area (Å²) in [7, 11) is -0.127. The maximum absolute atomic E-state index is 10.4. The van der Waals surface area contributed by atoms with Gasteiger partial charge in [-0.2, -0.15) is 8.42 Å². The standard InChI is InChI=1S/C7H8O3S.C2H7N.Na.H/c8-11(9,10)6-7-4-2-1-3-5-7;1-3-2;;/h1-5H,6H2,(H,8,9,10);3H,1-2H3;;/q;;+1;-1. The van der Waals surface area contributed by atoms with E-state index in [9.17, 15) is 8.42 Å². The molecule has 0 aromatic heterocycles. The molecular formula is C9H16NNaO3S. The molecule has 0 saturated heterocycles. The molecule has 82 valence electrons. The van der Waals surface area contributed by atoms with Gasteiger partial charge in [0.15, 0.2) is 0 Å². The Hall–Kier alpha value is 0.0900. The van der Waals surface area contributed by atoms with E-state index in [1.165, 1.54) is 0 Å². The van der Waals surface area contributed by atoms with Gasteiger partial charge >= 0.3 is 29.6 Å². The van der Waals surface area contributed by atoms with Crippen molar-refractivity contribution in [3.8, 4) is 0 Å². The zero-order valence-corrected chi connectivity index (χ0v) is 12.1. The Balaban J connectivity index is -0.000000306. The summed E-state index contributed by atoms with van der Waals surface area (Å²) in [5, 5.41) is 2.75. The molecule has 4 nitrogen and oxygen atoms in total. The Bertz CT molecular complexity index is 345. The van der Waals surface area contributed by atoms with Crippen molar-refractivity contribution in [2.24, 2.45) is 0 Å². The molecule has 0 amide bonds. The van der Waals surface area contributed by atoms with Gasteiger partial charge in [0, 0.05) is 0 Å². The third kappa shape index (κ3) is 12.0. The van der Waals surface area contributed by atoms with Crippen molar-refractivity contribution >= 4 is 10.1 Å². The third-order valence-electron chi connectivity index (χ3n) is 1.19. The second-order valence-corrected chi connectivity index (χ2v) is 4.16. The van der Waals surface area contributed by atoms with Crippen molar-refractivity contribution in [3.05, 3.63) is 35.9 Å². The zero-order valence-electron chi connectivity index (χ0n) is 10.3. The van der Waals surface area contributed by atoms with Crippen LogP contribution in [0.5, 0.6) is 0 Å². The maximum atomic E-state index is 10.4. The monoisotopic (exact) mass is 241 g/mol. The minimum Gasteiger partial charge on any atom is -1.00 e. The van der Waals surface area contributed by atoms with Crippen molar-refractivity contribution in [1.29, 1.82) is 0 Å². The second-order valence-electron chi connectivity index (χ2n) is 2.71. The van der Waals surface area contributed by atoms with Gasteiger partial charge in [0.05, 0.1) is 0 Å². The van der Waals surface area contributed by atoms with Crippen molar-refractivity contribution in [2.45, 2.75) is 5.75 Å². The minimum absolute atomic E-state index is 0. The molecule has 1 aromatic carbocycles. The summed E-state index contributed by atoms with van der Waals surface area (Å²) >= 11 is 0. The molecule has 0 radical (unpaired) electrons. The molecular weight excluding hydrogens is 225 g/mol. The fourth-order valence-electron chi connectivity index (χ4n) is 0.785. The van der Waals surface area contributed by atoms with Crippen molar-refractivity contribution in [2.75, 3.05) is 14.1 Å². The van der Waals surface area contributed by atoms with E-state index in [1.54, 1.807) is 30.3 Å². The van der Waals surface area contributed by atoms with E-state index in [-0.39, 0.29) is 36.7 Å². The molecule has 0 aliphatic rings. The number of benzene rings is 1. The summed E-state index contributed by atoms with van der Waals surface area (Å²) in [6.45, 7) is 0. The van der Waals surface area contributed by atoms with E-state index in [4.69, 9.17) is 4.55 Å². The van der Waals surface area contributed by atoms with Gasteiger partial charge < -0.3 is 6.74 Å². The SMILES string of the molecule is CNC.O=S(=O)(O)Cc1ccccc1.[H-].[Na+]. The summed E-state index contributed by atoms with van der Waals surface area (Å²) in [6, 6.07) is 8.52. The van der Waals surface area contributed by atoms with E-state index >= 15 is 0 Å². The van der Waals surface area contributed by atoms with Crippen molar-refractivity contribution in [1.82, 2.24) is 5.32 Å². The van der Waals surface area contributed by atoms with E-state index < -0.39 is 10.1 Å². The fraction of sp³-hybridized carbons (Fsp3) is 0.333. The summed E-state index contributed by atoms with van der Waals surface area (Å²) in [5.74, 6) is -0.312. The van der Waals surface area contributed by atoms with Crippen LogP contribution in [0.3, 0.4) is 0 Å². The second kappa shape index (κ2) is 9.33. The van der Waals surface area contributed by atoms with Gasteiger partial charge in [0.2, 0.25) is 0 Å². The van der Waals surface area contributed by atoms with Crippen molar-refractivity contribution in [3.63, 3.8) is 0 Å². The maximum Gasteiger partial charge on any atom is 1.00 e. The summed E-state index contributed by atoms with van der Waals surface area (Å²) in [5.41, 5.74) is 0.593. The average Bonchev–Trinajstić information content (AvgIpc) is 2.04. The summed E-state index contributed by atoms with van der Waals surface area (Å²) in [6.07, 6.45) is 0. The van der Waals surface area contributed by atoms with Crippen LogP contribution in [0.1, 0.15) is 6.99 Å². The van der Waals surface area contributed by atoms with Crippen LogP contribution in [-0.4, -0.2) is 27.1 Å². The van der Waals surface area contributed by atoms with E-state index in [0.29, 0.717) is 5.56 Å². The Morgan fingerprint density at radius 3 is 2.00 bits per heavy atom. The molecule has 0 spiro atoms. The van der Waals surface area contributed by atoms with Gasteiger partial charge in [-0.1, -0.05) is 30.3 Å². The predicted octanol–water partition coefficient (Wildman–Crippen LogP) is -1.97. The molecule has 0 heterocycles. The molecule has 0 bridgehead atoms. The van der Waals surface area contributed by atoms with Gasteiger partial charge in [-0.3, -0.25) is 4.55 Å². The molecule has 0 fully saturated rings. The van der Waals surface area contributed by atoms with Gasteiger partial charge in [0.1, 0.15) is 5.75 Å². The van der Waals surface area contributed by atoms with Crippen molar-refractivity contribution < 1.29 is 44.0 Å². The van der Waals surface area contributed by atoms with E-state index in [0.717, 1.165) is 0 Å². The van der Waals surface area contributed by atoms with E-state index in [1.807, 2.05) is 14.1 Å². The molecule has 6 heteroatoms. The van der Waals surface area contributed by atoms with Gasteiger partial charge in [-0.15, -0.1) is 0 Å². The smallest absolute Gasteiger partial charge is 1.00 e. The molecule has 15 heavy (non-hydrogen) atoms. The molecule has 1 rings (SSSR count). The third-order valence-corrected chi connectivity index (χ3v) is 1.89. The first-order valence-electron chi connectivity index (χ1n) is 4.07. The van der Waals surface area contributed by atoms with E-state index in [2.05, 4.69) is 5.32 Å². The predicted molar refractivity (Wildman–Crippen MR) is 57.8 cm³/mol. The number of hydrogen-bond acceptors (Lipinski definition) is 3. The average molecular weight is 241 g/mol. The normalized spacial score (nSPS) is 9.53. The molecule has 0 unspecified atom stereocenters. The molecule has 1 aromatic rings. The molecule has 0 saturated carbocycles. The number of rotatable bonds is 2. The number of hydrogen-bond donors (Lipinski definition) is 2. The summed E-state index contributed by atoms with van der Waals surface area (Å²) in [4.78, 5) is 0. The Morgan fingerprint density at radius 1 is 1.27 bits per heavy atom. The summed E-state index contributed by atoms with van der Waals surface area (Å²) < 4.78 is 29.2. The first-order chi connectivity index (χ1) is 6.49. The largest absolute Gasteiger partial charge is 1.00 e. The Labute approximate surface area is 115 Å². The van der Waals surface area contributed by atoms with Gasteiger partial charge in [-0.05, 0) is 19.7 Å². The minimum atomic E-state index is -3.88. The molecule has 0 aliphatic carbocycles. The van der Waals surface area contributed by atoms with Crippen LogP contribution < -0.4 is 34.9 Å². The van der Waals surface area contributed by atoms with Crippen LogP contribution >= 0.6 is 0 Å². The van der Waals surface area contributed by atoms with Crippen LogP contribution in [0, 0.1) is 0 Å². The molecule has 2 N–H and O–H groups in total. The van der Waals surface area contributed by atoms with Crippen LogP contribution in [0.4, 0.5) is 0 Å². The Morgan fingerprint density at radius 2 is 1.67 bits per heavy atom. The van der Waals surface area contributed by atoms with Crippen LogP contribution in [0.25, 0.3) is 0 Å². The van der Waals surface area contributed by atoms with Crippen LogP contribution in [0.2, 0.25) is 0 Å². The van der Waals surface area contributed by atoms with Crippen LogP contribution in [0.15, 0.2) is 30.3 Å². The van der Waals surface area contributed by atoms with Gasteiger partial charge in [0.25, 0.3) is 10.1 Å². The quantitative estimate of drug-likeness (QED) is 0.465. The molecule has 0 atom stereocenters. The zero-order chi connectivity index (χ0) is 11.0.